The molecule has 1 aliphatic carbocycles. The highest BCUT2D eigenvalue weighted by Gasteiger charge is 2.23. The van der Waals surface area contributed by atoms with Crippen molar-refractivity contribution in [2.24, 2.45) is 11.3 Å². The fourth-order valence-corrected chi connectivity index (χ4v) is 1.30. The first-order valence-corrected chi connectivity index (χ1v) is 6.42. The fourth-order valence-electron chi connectivity index (χ4n) is 1.30. The van der Waals surface area contributed by atoms with E-state index in [1.165, 1.54) is 12.8 Å². The van der Waals surface area contributed by atoms with Gasteiger partial charge in [-0.15, -0.1) is 0 Å². The van der Waals surface area contributed by atoms with E-state index >= 15 is 0 Å². The highest BCUT2D eigenvalue weighted by molar-refractivity contribution is 5.76. The lowest BCUT2D eigenvalue weighted by Gasteiger charge is -2.29. The zero-order chi connectivity index (χ0) is 12.2. The van der Waals surface area contributed by atoms with Crippen molar-refractivity contribution in [2.75, 3.05) is 13.1 Å². The van der Waals surface area contributed by atoms with Crippen molar-refractivity contribution in [1.82, 2.24) is 10.6 Å². The van der Waals surface area contributed by atoms with Crippen LogP contribution in [0.4, 0.5) is 0 Å². The van der Waals surface area contributed by atoms with Crippen LogP contribution >= 0.6 is 0 Å². The average Bonchev–Trinajstić information content (AvgIpc) is 2.98. The molecule has 1 fully saturated rings. The van der Waals surface area contributed by atoms with Gasteiger partial charge in [0.2, 0.25) is 5.91 Å². The average molecular weight is 226 g/mol. The Hall–Kier alpha value is -0.570. The van der Waals surface area contributed by atoms with Crippen molar-refractivity contribution < 1.29 is 4.79 Å². The van der Waals surface area contributed by atoms with Gasteiger partial charge in [0, 0.05) is 25.6 Å². The van der Waals surface area contributed by atoms with Crippen LogP contribution in [-0.4, -0.2) is 25.0 Å². The Bertz CT molecular complexity index is 232. The van der Waals surface area contributed by atoms with Crippen molar-refractivity contribution in [3.63, 3.8) is 0 Å². The minimum atomic E-state index is 0.168. The molecule has 2 N–H and O–H groups in total. The van der Waals surface area contributed by atoms with E-state index in [1.54, 1.807) is 0 Å². The van der Waals surface area contributed by atoms with Crippen molar-refractivity contribution in [2.45, 2.75) is 53.0 Å². The summed E-state index contributed by atoms with van der Waals surface area (Å²) in [6.07, 6.45) is 3.16. The Morgan fingerprint density at radius 2 is 2.00 bits per heavy atom. The molecule has 94 valence electrons. The molecule has 1 rings (SSSR count). The van der Waals surface area contributed by atoms with Gasteiger partial charge in [-0.05, 0) is 24.2 Å². The molecular formula is C13H26N2O. The molecule has 0 aromatic heterocycles. The predicted molar refractivity (Wildman–Crippen MR) is 67.3 cm³/mol. The fraction of sp³-hybridized carbons (Fsp3) is 0.923. The van der Waals surface area contributed by atoms with E-state index < -0.39 is 0 Å². The maximum absolute atomic E-state index is 11.6. The summed E-state index contributed by atoms with van der Waals surface area (Å²) in [7, 11) is 0. The summed E-state index contributed by atoms with van der Waals surface area (Å²) in [6, 6.07) is 0.694. The first-order chi connectivity index (χ1) is 7.42. The van der Waals surface area contributed by atoms with Crippen molar-refractivity contribution in [3.05, 3.63) is 0 Å². The lowest BCUT2D eigenvalue weighted by molar-refractivity contribution is -0.121. The zero-order valence-corrected chi connectivity index (χ0v) is 11.1. The molecule has 0 bridgehead atoms. The Morgan fingerprint density at radius 1 is 1.38 bits per heavy atom. The Morgan fingerprint density at radius 3 is 2.50 bits per heavy atom. The smallest absolute Gasteiger partial charge is 0.221 e. The molecule has 0 aromatic carbocycles. The van der Waals surface area contributed by atoms with E-state index in [0.717, 1.165) is 13.1 Å². The molecule has 0 atom stereocenters. The molecule has 1 amide bonds. The highest BCUT2D eigenvalue weighted by atomic mass is 16.1. The van der Waals surface area contributed by atoms with E-state index in [1.807, 2.05) is 0 Å². The first-order valence-electron chi connectivity index (χ1n) is 6.42. The minimum absolute atomic E-state index is 0.168. The molecule has 16 heavy (non-hydrogen) atoms. The van der Waals surface area contributed by atoms with E-state index in [2.05, 4.69) is 38.3 Å². The number of nitrogens with one attached hydrogen (secondary N) is 2. The summed E-state index contributed by atoms with van der Waals surface area (Å²) < 4.78 is 0. The van der Waals surface area contributed by atoms with Gasteiger partial charge in [0.15, 0.2) is 0 Å². The van der Waals surface area contributed by atoms with Gasteiger partial charge >= 0.3 is 0 Å². The van der Waals surface area contributed by atoms with Crippen LogP contribution in [0.5, 0.6) is 0 Å². The molecule has 1 saturated carbocycles. The Balaban J connectivity index is 2.08. The molecule has 3 heteroatoms. The van der Waals surface area contributed by atoms with E-state index in [-0.39, 0.29) is 11.3 Å². The number of hydrogen-bond donors (Lipinski definition) is 2. The molecule has 0 unspecified atom stereocenters. The van der Waals surface area contributed by atoms with E-state index in [4.69, 9.17) is 0 Å². The first kappa shape index (κ1) is 13.5. The largest absolute Gasteiger partial charge is 0.356 e. The van der Waals surface area contributed by atoms with Gasteiger partial charge in [0.05, 0.1) is 0 Å². The number of carbonyl (C=O) groups excluding carboxylic acids is 1. The van der Waals surface area contributed by atoms with Crippen molar-refractivity contribution in [1.29, 1.82) is 0 Å². The third-order valence-electron chi connectivity index (χ3n) is 3.67. The molecule has 0 heterocycles. The van der Waals surface area contributed by atoms with Gasteiger partial charge in [0.1, 0.15) is 0 Å². The normalized spacial score (nSPS) is 16.6. The SMILES string of the molecule is CC(C)C(C)(C)CNC(=O)CCNC1CC1. The molecule has 1 aliphatic rings. The maximum atomic E-state index is 11.6. The summed E-state index contributed by atoms with van der Waals surface area (Å²) in [5.74, 6) is 0.749. The molecule has 0 aliphatic heterocycles. The third kappa shape index (κ3) is 4.97. The standard InChI is InChI=1S/C13H26N2O/c1-10(2)13(3,4)9-15-12(16)7-8-14-11-5-6-11/h10-11,14H,5-9H2,1-4H3,(H,15,16). The summed E-state index contributed by atoms with van der Waals surface area (Å²) in [4.78, 5) is 11.6. The molecule has 0 saturated heterocycles. The number of hydrogen-bond acceptors (Lipinski definition) is 2. The Labute approximate surface area is 99.4 Å². The van der Waals surface area contributed by atoms with Crippen LogP contribution in [0.15, 0.2) is 0 Å². The zero-order valence-electron chi connectivity index (χ0n) is 11.1. The van der Waals surface area contributed by atoms with E-state index in [9.17, 15) is 4.79 Å². The topological polar surface area (TPSA) is 41.1 Å². The van der Waals surface area contributed by atoms with Crippen LogP contribution in [0.1, 0.15) is 47.0 Å². The minimum Gasteiger partial charge on any atom is -0.356 e. The summed E-state index contributed by atoms with van der Waals surface area (Å²) in [6.45, 7) is 10.4. The lowest BCUT2D eigenvalue weighted by atomic mass is 9.81. The van der Waals surface area contributed by atoms with Crippen molar-refractivity contribution in [3.8, 4) is 0 Å². The van der Waals surface area contributed by atoms with Crippen LogP contribution in [0.2, 0.25) is 0 Å². The van der Waals surface area contributed by atoms with Crippen LogP contribution in [0, 0.1) is 11.3 Å². The lowest BCUT2D eigenvalue weighted by Crippen LogP contribution is -2.38. The predicted octanol–water partition coefficient (Wildman–Crippen LogP) is 1.93. The van der Waals surface area contributed by atoms with Gasteiger partial charge in [0.25, 0.3) is 0 Å². The third-order valence-corrected chi connectivity index (χ3v) is 3.67. The summed E-state index contributed by atoms with van der Waals surface area (Å²) >= 11 is 0. The molecule has 0 spiro atoms. The van der Waals surface area contributed by atoms with Crippen LogP contribution < -0.4 is 10.6 Å². The quantitative estimate of drug-likeness (QED) is 0.696. The number of carbonyl (C=O) groups is 1. The monoisotopic (exact) mass is 226 g/mol. The second-order valence-electron chi connectivity index (χ2n) is 5.90. The van der Waals surface area contributed by atoms with Gasteiger partial charge in [-0.1, -0.05) is 27.7 Å². The molecular weight excluding hydrogens is 200 g/mol. The summed E-state index contributed by atoms with van der Waals surface area (Å²) in [5.41, 5.74) is 0.180. The second-order valence-corrected chi connectivity index (χ2v) is 5.90. The van der Waals surface area contributed by atoms with Gasteiger partial charge in [-0.3, -0.25) is 4.79 Å². The van der Waals surface area contributed by atoms with Crippen LogP contribution in [0.25, 0.3) is 0 Å². The second kappa shape index (κ2) is 5.67. The van der Waals surface area contributed by atoms with Crippen molar-refractivity contribution >= 4 is 5.91 Å². The maximum Gasteiger partial charge on any atom is 0.221 e. The number of rotatable bonds is 7. The molecule has 0 aromatic rings. The van der Waals surface area contributed by atoms with E-state index in [0.29, 0.717) is 18.4 Å². The van der Waals surface area contributed by atoms with Crippen LogP contribution in [-0.2, 0) is 4.79 Å². The van der Waals surface area contributed by atoms with Crippen LogP contribution in [0.3, 0.4) is 0 Å². The van der Waals surface area contributed by atoms with Gasteiger partial charge in [-0.25, -0.2) is 0 Å². The molecule has 3 nitrogen and oxygen atoms in total. The highest BCUT2D eigenvalue weighted by Crippen LogP contribution is 2.24. The molecule has 0 radical (unpaired) electrons. The van der Waals surface area contributed by atoms with Gasteiger partial charge < -0.3 is 10.6 Å². The van der Waals surface area contributed by atoms with Gasteiger partial charge in [-0.2, -0.15) is 0 Å². The summed E-state index contributed by atoms with van der Waals surface area (Å²) in [5, 5.41) is 6.37. The number of amides is 1. The Kier molecular flexibility index (Phi) is 4.78.